The maximum atomic E-state index is 11.0. The summed E-state index contributed by atoms with van der Waals surface area (Å²) in [5, 5.41) is 6.38. The normalized spacial score (nSPS) is 10.0. The Balaban J connectivity index is 2.58. The van der Waals surface area contributed by atoms with E-state index in [4.69, 9.17) is 5.73 Å². The molecule has 6 heteroatoms. The largest absolute Gasteiger partial charge is 0.364 e. The summed E-state index contributed by atoms with van der Waals surface area (Å²) in [5.74, 6) is -0.603. The summed E-state index contributed by atoms with van der Waals surface area (Å²) < 4.78 is 0. The van der Waals surface area contributed by atoms with Crippen LogP contribution in [0.2, 0.25) is 0 Å². The second-order valence-electron chi connectivity index (χ2n) is 2.60. The highest BCUT2D eigenvalue weighted by molar-refractivity contribution is 5.96. The second-order valence-corrected chi connectivity index (χ2v) is 2.60. The zero-order valence-electron chi connectivity index (χ0n) is 7.14. The van der Waals surface area contributed by atoms with E-state index in [9.17, 15) is 4.79 Å². The molecule has 0 atom stereocenters. The summed E-state index contributed by atoms with van der Waals surface area (Å²) >= 11 is 0. The highest BCUT2D eigenvalue weighted by Crippen LogP contribution is 2.16. The van der Waals surface area contributed by atoms with E-state index in [0.29, 0.717) is 11.3 Å². The van der Waals surface area contributed by atoms with E-state index >= 15 is 0 Å². The SMILES string of the molecule is NC(=O)c1nccnc1-c1cn[nH]c1. The number of nitrogens with zero attached hydrogens (tertiary/aromatic N) is 3. The molecule has 0 fully saturated rings. The summed E-state index contributed by atoms with van der Waals surface area (Å²) in [4.78, 5) is 18.9. The first-order valence-electron chi connectivity index (χ1n) is 3.89. The Morgan fingerprint density at radius 2 is 2.14 bits per heavy atom. The van der Waals surface area contributed by atoms with Crippen LogP contribution in [0.15, 0.2) is 24.8 Å². The molecule has 0 aliphatic heterocycles. The predicted molar refractivity (Wildman–Crippen MR) is 48.1 cm³/mol. The van der Waals surface area contributed by atoms with Gasteiger partial charge in [-0.15, -0.1) is 0 Å². The Morgan fingerprint density at radius 3 is 2.79 bits per heavy atom. The van der Waals surface area contributed by atoms with Crippen LogP contribution in [-0.4, -0.2) is 26.1 Å². The minimum Gasteiger partial charge on any atom is -0.364 e. The van der Waals surface area contributed by atoms with Gasteiger partial charge in [0, 0.05) is 24.2 Å². The third kappa shape index (κ3) is 1.33. The van der Waals surface area contributed by atoms with Crippen LogP contribution < -0.4 is 5.73 Å². The van der Waals surface area contributed by atoms with Crippen LogP contribution in [0.3, 0.4) is 0 Å². The third-order valence-corrected chi connectivity index (χ3v) is 1.70. The molecule has 0 aromatic carbocycles. The summed E-state index contributed by atoms with van der Waals surface area (Å²) in [6.45, 7) is 0. The van der Waals surface area contributed by atoms with Gasteiger partial charge in [-0.3, -0.25) is 14.9 Å². The van der Waals surface area contributed by atoms with E-state index in [1.165, 1.54) is 12.4 Å². The molecule has 2 rings (SSSR count). The van der Waals surface area contributed by atoms with Gasteiger partial charge in [-0.25, -0.2) is 4.98 Å². The maximum absolute atomic E-state index is 11.0. The standard InChI is InChI=1S/C8H7N5O/c9-8(14)7-6(10-1-2-11-7)5-3-12-13-4-5/h1-4H,(H2,9,14)(H,12,13). The lowest BCUT2D eigenvalue weighted by Gasteiger charge is -2.00. The molecule has 70 valence electrons. The van der Waals surface area contributed by atoms with Crippen LogP contribution >= 0.6 is 0 Å². The monoisotopic (exact) mass is 189 g/mol. The second kappa shape index (κ2) is 3.25. The summed E-state index contributed by atoms with van der Waals surface area (Å²) in [6.07, 6.45) is 6.09. The molecule has 0 spiro atoms. The fourth-order valence-electron chi connectivity index (χ4n) is 1.11. The molecule has 3 N–H and O–H groups in total. The molecule has 0 bridgehead atoms. The van der Waals surface area contributed by atoms with Gasteiger partial charge in [0.1, 0.15) is 5.69 Å². The molecule has 0 unspecified atom stereocenters. The number of rotatable bonds is 2. The number of hydrogen-bond acceptors (Lipinski definition) is 4. The number of aromatic amines is 1. The van der Waals surface area contributed by atoms with Crippen molar-refractivity contribution >= 4 is 5.91 Å². The zero-order valence-corrected chi connectivity index (χ0v) is 7.14. The Kier molecular flexibility index (Phi) is 1.94. The fourth-order valence-corrected chi connectivity index (χ4v) is 1.11. The quantitative estimate of drug-likeness (QED) is 0.692. The molecule has 2 aromatic rings. The van der Waals surface area contributed by atoms with Gasteiger partial charge >= 0.3 is 0 Å². The van der Waals surface area contributed by atoms with Crippen LogP contribution in [0.1, 0.15) is 10.5 Å². The van der Waals surface area contributed by atoms with E-state index in [0.717, 1.165) is 0 Å². The number of H-pyrrole nitrogens is 1. The average molecular weight is 189 g/mol. The van der Waals surface area contributed by atoms with Gasteiger partial charge in [0.25, 0.3) is 5.91 Å². The van der Waals surface area contributed by atoms with Crippen molar-refractivity contribution < 1.29 is 4.79 Å². The zero-order chi connectivity index (χ0) is 9.97. The topological polar surface area (TPSA) is 97.6 Å². The summed E-state index contributed by atoms with van der Waals surface area (Å²) in [5.41, 5.74) is 6.42. The van der Waals surface area contributed by atoms with Crippen molar-refractivity contribution in [2.75, 3.05) is 0 Å². The molecule has 2 aromatic heterocycles. The highest BCUT2D eigenvalue weighted by Gasteiger charge is 2.12. The van der Waals surface area contributed by atoms with Gasteiger partial charge in [-0.2, -0.15) is 5.10 Å². The van der Waals surface area contributed by atoms with Crippen molar-refractivity contribution in [1.82, 2.24) is 20.2 Å². The lowest BCUT2D eigenvalue weighted by Crippen LogP contribution is -2.15. The lowest BCUT2D eigenvalue weighted by atomic mass is 10.2. The minimum absolute atomic E-state index is 0.147. The van der Waals surface area contributed by atoms with Crippen LogP contribution in [-0.2, 0) is 0 Å². The molecule has 1 amide bonds. The number of hydrogen-bond donors (Lipinski definition) is 2. The number of aromatic nitrogens is 4. The average Bonchev–Trinajstić information content (AvgIpc) is 2.70. The number of primary amides is 1. The molecule has 2 heterocycles. The molecule has 6 nitrogen and oxygen atoms in total. The first-order valence-corrected chi connectivity index (χ1v) is 3.89. The van der Waals surface area contributed by atoms with Crippen molar-refractivity contribution in [3.8, 4) is 11.3 Å². The van der Waals surface area contributed by atoms with Crippen molar-refractivity contribution in [2.24, 2.45) is 5.73 Å². The number of nitrogens with two attached hydrogens (primary N) is 1. The van der Waals surface area contributed by atoms with Crippen molar-refractivity contribution in [3.05, 3.63) is 30.5 Å². The van der Waals surface area contributed by atoms with Gasteiger partial charge in [0.15, 0.2) is 5.69 Å². The molecule has 0 radical (unpaired) electrons. The molecule has 14 heavy (non-hydrogen) atoms. The van der Waals surface area contributed by atoms with Crippen LogP contribution in [0.25, 0.3) is 11.3 Å². The van der Waals surface area contributed by atoms with Gasteiger partial charge in [-0.1, -0.05) is 0 Å². The maximum Gasteiger partial charge on any atom is 0.269 e. The van der Waals surface area contributed by atoms with Crippen LogP contribution in [0.4, 0.5) is 0 Å². The summed E-state index contributed by atoms with van der Waals surface area (Å²) in [7, 11) is 0. The number of amides is 1. The molecular weight excluding hydrogens is 182 g/mol. The van der Waals surface area contributed by atoms with E-state index < -0.39 is 5.91 Å². The molecule has 0 aliphatic rings. The van der Waals surface area contributed by atoms with E-state index in [1.54, 1.807) is 12.4 Å². The molecular formula is C8H7N5O. The molecule has 0 saturated heterocycles. The van der Waals surface area contributed by atoms with Crippen LogP contribution in [0, 0.1) is 0 Å². The Labute approximate surface area is 79.2 Å². The number of carbonyl (C=O) groups excluding carboxylic acids is 1. The minimum atomic E-state index is -0.603. The van der Waals surface area contributed by atoms with Crippen LogP contribution in [0.5, 0.6) is 0 Å². The first kappa shape index (κ1) is 8.36. The summed E-state index contributed by atoms with van der Waals surface area (Å²) in [6, 6.07) is 0. The smallest absolute Gasteiger partial charge is 0.269 e. The van der Waals surface area contributed by atoms with Gasteiger partial charge in [0.05, 0.1) is 6.20 Å². The Morgan fingerprint density at radius 1 is 1.36 bits per heavy atom. The van der Waals surface area contributed by atoms with E-state index in [1.807, 2.05) is 0 Å². The molecule has 0 aliphatic carbocycles. The van der Waals surface area contributed by atoms with E-state index in [-0.39, 0.29) is 5.69 Å². The Bertz CT molecular complexity index is 451. The van der Waals surface area contributed by atoms with Crippen molar-refractivity contribution in [1.29, 1.82) is 0 Å². The van der Waals surface area contributed by atoms with Crippen molar-refractivity contribution in [3.63, 3.8) is 0 Å². The van der Waals surface area contributed by atoms with E-state index in [2.05, 4.69) is 20.2 Å². The lowest BCUT2D eigenvalue weighted by molar-refractivity contribution is 0.0996. The van der Waals surface area contributed by atoms with Gasteiger partial charge < -0.3 is 5.73 Å². The highest BCUT2D eigenvalue weighted by atomic mass is 16.1. The third-order valence-electron chi connectivity index (χ3n) is 1.70. The fraction of sp³-hybridized carbons (Fsp3) is 0. The van der Waals surface area contributed by atoms with Crippen molar-refractivity contribution in [2.45, 2.75) is 0 Å². The predicted octanol–water partition coefficient (Wildman–Crippen LogP) is -0.0344. The number of carbonyl (C=O) groups is 1. The first-order chi connectivity index (χ1) is 6.79. The number of nitrogens with one attached hydrogen (secondary N) is 1. The molecule has 0 saturated carbocycles. The Hall–Kier alpha value is -2.24. The van der Waals surface area contributed by atoms with Gasteiger partial charge in [0.2, 0.25) is 0 Å². The van der Waals surface area contributed by atoms with Gasteiger partial charge in [-0.05, 0) is 0 Å².